The number of ether oxygens (including phenoxy) is 3. The second kappa shape index (κ2) is 13.1. The summed E-state index contributed by atoms with van der Waals surface area (Å²) in [4.78, 5) is 24.6. The van der Waals surface area contributed by atoms with E-state index < -0.39 is 17.8 Å². The van der Waals surface area contributed by atoms with Crippen LogP contribution >= 0.6 is 0 Å². The van der Waals surface area contributed by atoms with Crippen LogP contribution in [0.25, 0.3) is 0 Å². The molecule has 0 radical (unpaired) electrons. The van der Waals surface area contributed by atoms with Crippen LogP contribution in [0, 0.1) is 5.82 Å². The van der Waals surface area contributed by atoms with E-state index in [1.165, 1.54) is 80.6 Å². The lowest BCUT2D eigenvalue weighted by Gasteiger charge is -2.08. The average molecular weight is 465 g/mol. The third-order valence-corrected chi connectivity index (χ3v) is 5.18. The number of unbranched alkanes of at least 4 members (excludes halogenated alkanes) is 5. The molecule has 34 heavy (non-hydrogen) atoms. The van der Waals surface area contributed by atoms with E-state index in [1.54, 1.807) is 24.3 Å². The molecule has 0 aliphatic rings. The third kappa shape index (κ3) is 8.03. The standard InChI is InChI=1S/C28H29FO5/c1-2-3-4-5-6-7-20-32-24-16-18-26(19-17-24)34-28(31)22-10-8-21(9-11-22)27(30)33-25-14-12-23(29)13-15-25/h8-19H,2-7,20H2,1H3. The molecule has 6 heteroatoms. The monoisotopic (exact) mass is 464 g/mol. The van der Waals surface area contributed by atoms with E-state index in [0.29, 0.717) is 17.9 Å². The van der Waals surface area contributed by atoms with Crippen molar-refractivity contribution in [1.82, 2.24) is 0 Å². The smallest absolute Gasteiger partial charge is 0.343 e. The van der Waals surface area contributed by atoms with Crippen molar-refractivity contribution in [2.75, 3.05) is 6.61 Å². The van der Waals surface area contributed by atoms with Gasteiger partial charge in [-0.3, -0.25) is 0 Å². The van der Waals surface area contributed by atoms with E-state index in [0.717, 1.165) is 12.2 Å². The summed E-state index contributed by atoms with van der Waals surface area (Å²) in [7, 11) is 0. The van der Waals surface area contributed by atoms with Gasteiger partial charge in [-0.1, -0.05) is 39.0 Å². The predicted molar refractivity (Wildman–Crippen MR) is 128 cm³/mol. The molecule has 0 aliphatic carbocycles. The van der Waals surface area contributed by atoms with Crippen molar-refractivity contribution in [2.24, 2.45) is 0 Å². The molecule has 0 spiro atoms. The van der Waals surface area contributed by atoms with Gasteiger partial charge in [0.2, 0.25) is 0 Å². The van der Waals surface area contributed by atoms with Crippen molar-refractivity contribution >= 4 is 11.9 Å². The molecule has 0 N–H and O–H groups in total. The highest BCUT2D eigenvalue weighted by molar-refractivity contribution is 5.94. The Hall–Kier alpha value is -3.67. The molecule has 0 saturated carbocycles. The van der Waals surface area contributed by atoms with Crippen molar-refractivity contribution in [2.45, 2.75) is 45.4 Å². The number of hydrogen-bond donors (Lipinski definition) is 0. The highest BCUT2D eigenvalue weighted by atomic mass is 19.1. The van der Waals surface area contributed by atoms with Crippen LogP contribution in [0.1, 0.15) is 66.2 Å². The first-order chi connectivity index (χ1) is 16.5. The topological polar surface area (TPSA) is 61.8 Å². The van der Waals surface area contributed by atoms with Crippen molar-refractivity contribution in [3.05, 3.63) is 89.7 Å². The van der Waals surface area contributed by atoms with Crippen LogP contribution in [0.5, 0.6) is 17.2 Å². The van der Waals surface area contributed by atoms with Crippen LogP contribution in [0.2, 0.25) is 0 Å². The molecule has 5 nitrogen and oxygen atoms in total. The van der Waals surface area contributed by atoms with Gasteiger partial charge in [-0.05, 0) is 79.2 Å². The highest BCUT2D eigenvalue weighted by Crippen LogP contribution is 2.20. The molecule has 0 fully saturated rings. The van der Waals surface area contributed by atoms with Gasteiger partial charge in [0.25, 0.3) is 0 Å². The fourth-order valence-corrected chi connectivity index (χ4v) is 3.25. The molecule has 3 aromatic carbocycles. The fourth-order valence-electron chi connectivity index (χ4n) is 3.25. The number of benzene rings is 3. The van der Waals surface area contributed by atoms with Crippen LogP contribution < -0.4 is 14.2 Å². The highest BCUT2D eigenvalue weighted by Gasteiger charge is 2.13. The minimum Gasteiger partial charge on any atom is -0.494 e. The molecule has 0 heterocycles. The fraction of sp³-hybridized carbons (Fsp3) is 0.286. The second-order valence-electron chi connectivity index (χ2n) is 7.90. The normalized spacial score (nSPS) is 10.5. The van der Waals surface area contributed by atoms with Gasteiger partial charge in [0.05, 0.1) is 17.7 Å². The molecule has 0 unspecified atom stereocenters. The zero-order chi connectivity index (χ0) is 24.2. The van der Waals surface area contributed by atoms with Gasteiger partial charge in [0.15, 0.2) is 0 Å². The summed E-state index contributed by atoms with van der Waals surface area (Å²) in [6, 6.07) is 18.0. The minimum absolute atomic E-state index is 0.231. The Balaban J connectivity index is 1.45. The Bertz CT molecular complexity index is 1040. The largest absolute Gasteiger partial charge is 0.494 e. The van der Waals surface area contributed by atoms with Crippen molar-refractivity contribution < 1.29 is 28.2 Å². The summed E-state index contributed by atoms with van der Waals surface area (Å²) < 4.78 is 29.3. The van der Waals surface area contributed by atoms with Crippen LogP contribution in [0.15, 0.2) is 72.8 Å². The van der Waals surface area contributed by atoms with E-state index in [2.05, 4.69) is 6.92 Å². The lowest BCUT2D eigenvalue weighted by molar-refractivity contribution is 0.0720. The summed E-state index contributed by atoms with van der Waals surface area (Å²) >= 11 is 0. The molecule has 178 valence electrons. The van der Waals surface area contributed by atoms with Crippen molar-refractivity contribution in [3.63, 3.8) is 0 Å². The molecule has 0 amide bonds. The average Bonchev–Trinajstić information content (AvgIpc) is 2.86. The molecule has 3 rings (SSSR count). The van der Waals surface area contributed by atoms with Crippen LogP contribution in [-0.4, -0.2) is 18.5 Å². The summed E-state index contributed by atoms with van der Waals surface area (Å²) in [6.07, 6.45) is 7.23. The molecule has 3 aromatic rings. The van der Waals surface area contributed by atoms with Gasteiger partial charge in [-0.2, -0.15) is 0 Å². The van der Waals surface area contributed by atoms with E-state index in [9.17, 15) is 14.0 Å². The van der Waals surface area contributed by atoms with E-state index in [1.807, 2.05) is 0 Å². The first-order valence-corrected chi connectivity index (χ1v) is 11.6. The Kier molecular flexibility index (Phi) is 9.65. The summed E-state index contributed by atoms with van der Waals surface area (Å²) in [5.41, 5.74) is 0.550. The van der Waals surface area contributed by atoms with Gasteiger partial charge < -0.3 is 14.2 Å². The van der Waals surface area contributed by atoms with Gasteiger partial charge in [0.1, 0.15) is 23.1 Å². The number of halogens is 1. The Labute approximate surface area is 199 Å². The first kappa shape index (κ1) is 25.0. The van der Waals surface area contributed by atoms with E-state index >= 15 is 0 Å². The van der Waals surface area contributed by atoms with Crippen LogP contribution in [0.4, 0.5) is 4.39 Å². The third-order valence-electron chi connectivity index (χ3n) is 5.18. The molecular formula is C28H29FO5. The molecular weight excluding hydrogens is 435 g/mol. The summed E-state index contributed by atoms with van der Waals surface area (Å²) in [6.45, 7) is 2.87. The molecule has 0 saturated heterocycles. The molecule has 0 atom stereocenters. The number of carbonyl (C=O) groups is 2. The van der Waals surface area contributed by atoms with Crippen molar-refractivity contribution in [1.29, 1.82) is 0 Å². The van der Waals surface area contributed by atoms with Gasteiger partial charge >= 0.3 is 11.9 Å². The van der Waals surface area contributed by atoms with E-state index in [-0.39, 0.29) is 11.3 Å². The number of rotatable bonds is 12. The Morgan fingerprint density at radius 2 is 1.06 bits per heavy atom. The summed E-state index contributed by atoms with van der Waals surface area (Å²) in [5.74, 6) is -0.205. The van der Waals surface area contributed by atoms with Crippen molar-refractivity contribution in [3.8, 4) is 17.2 Å². The Morgan fingerprint density at radius 1 is 0.618 bits per heavy atom. The van der Waals surface area contributed by atoms with Gasteiger partial charge in [0, 0.05) is 0 Å². The minimum atomic E-state index is -0.608. The number of hydrogen-bond acceptors (Lipinski definition) is 5. The van der Waals surface area contributed by atoms with Crippen LogP contribution in [0.3, 0.4) is 0 Å². The maximum atomic E-state index is 13.0. The van der Waals surface area contributed by atoms with Crippen LogP contribution in [-0.2, 0) is 0 Å². The quantitative estimate of drug-likeness (QED) is 0.164. The number of carbonyl (C=O) groups excluding carboxylic acids is 2. The maximum absolute atomic E-state index is 13.0. The summed E-state index contributed by atoms with van der Waals surface area (Å²) in [5, 5.41) is 0. The number of esters is 2. The maximum Gasteiger partial charge on any atom is 0.343 e. The van der Waals surface area contributed by atoms with Gasteiger partial charge in [-0.25, -0.2) is 14.0 Å². The first-order valence-electron chi connectivity index (χ1n) is 11.6. The molecule has 0 aromatic heterocycles. The van der Waals surface area contributed by atoms with Gasteiger partial charge in [-0.15, -0.1) is 0 Å². The zero-order valence-electron chi connectivity index (χ0n) is 19.3. The SMILES string of the molecule is CCCCCCCCOc1ccc(OC(=O)c2ccc(C(=O)Oc3ccc(F)cc3)cc2)cc1. The zero-order valence-corrected chi connectivity index (χ0v) is 19.3. The second-order valence-corrected chi connectivity index (χ2v) is 7.90. The lowest BCUT2D eigenvalue weighted by Crippen LogP contribution is -2.11. The molecule has 0 aliphatic heterocycles. The predicted octanol–water partition coefficient (Wildman–Crippen LogP) is 7.00. The van der Waals surface area contributed by atoms with E-state index in [4.69, 9.17) is 14.2 Å². The lowest BCUT2D eigenvalue weighted by atomic mass is 10.1. The Morgan fingerprint density at radius 3 is 1.59 bits per heavy atom. The molecule has 0 bridgehead atoms.